The van der Waals surface area contributed by atoms with E-state index in [-0.39, 0.29) is 24.5 Å². The molecule has 2 amide bonds. The molecule has 0 aliphatic carbocycles. The van der Waals surface area contributed by atoms with Crippen molar-refractivity contribution in [1.29, 1.82) is 0 Å². The summed E-state index contributed by atoms with van der Waals surface area (Å²) in [7, 11) is 0. The van der Waals surface area contributed by atoms with Crippen molar-refractivity contribution in [3.05, 3.63) is 71.8 Å². The number of alkyl carbamates (subject to hydrolysis) is 1. The molecule has 0 unspecified atom stereocenters. The van der Waals surface area contributed by atoms with Crippen LogP contribution in [0.5, 0.6) is 0 Å². The van der Waals surface area contributed by atoms with E-state index in [1.807, 2.05) is 81.4 Å². The fourth-order valence-corrected chi connectivity index (χ4v) is 2.55. The zero-order chi connectivity index (χ0) is 18.9. The molecule has 0 aliphatic rings. The number of carbonyl (C=O) groups is 2. The van der Waals surface area contributed by atoms with Gasteiger partial charge in [0.15, 0.2) is 0 Å². The van der Waals surface area contributed by atoms with Crippen molar-refractivity contribution in [2.24, 2.45) is 5.92 Å². The first-order valence-corrected chi connectivity index (χ1v) is 8.80. The van der Waals surface area contributed by atoms with E-state index in [0.29, 0.717) is 0 Å². The van der Waals surface area contributed by atoms with Crippen molar-refractivity contribution in [2.45, 2.75) is 39.5 Å². The molecule has 138 valence electrons. The maximum absolute atomic E-state index is 12.6. The Labute approximate surface area is 154 Å². The third-order valence-corrected chi connectivity index (χ3v) is 4.09. The number of rotatable bonds is 7. The van der Waals surface area contributed by atoms with E-state index in [9.17, 15) is 9.59 Å². The lowest BCUT2D eigenvalue weighted by atomic mass is 10.0. The van der Waals surface area contributed by atoms with Crippen LogP contribution in [0, 0.1) is 5.92 Å². The minimum atomic E-state index is -0.663. The second-order valence-corrected chi connectivity index (χ2v) is 6.57. The Morgan fingerprint density at radius 3 is 2.04 bits per heavy atom. The lowest BCUT2D eigenvalue weighted by Crippen LogP contribution is -2.50. The fourth-order valence-electron chi connectivity index (χ4n) is 2.55. The molecule has 0 heterocycles. The van der Waals surface area contributed by atoms with Crippen molar-refractivity contribution in [2.75, 3.05) is 0 Å². The Bertz CT molecular complexity index is 702. The smallest absolute Gasteiger partial charge is 0.408 e. The summed E-state index contributed by atoms with van der Waals surface area (Å²) < 4.78 is 5.22. The van der Waals surface area contributed by atoms with E-state index in [1.165, 1.54) is 0 Å². The van der Waals surface area contributed by atoms with Gasteiger partial charge in [0, 0.05) is 0 Å². The Morgan fingerprint density at radius 2 is 1.46 bits per heavy atom. The van der Waals surface area contributed by atoms with E-state index in [0.717, 1.165) is 11.1 Å². The highest BCUT2D eigenvalue weighted by molar-refractivity contribution is 5.86. The van der Waals surface area contributed by atoms with Crippen LogP contribution in [0.3, 0.4) is 0 Å². The van der Waals surface area contributed by atoms with Gasteiger partial charge in [0.25, 0.3) is 0 Å². The average molecular weight is 354 g/mol. The van der Waals surface area contributed by atoms with Gasteiger partial charge in [-0.3, -0.25) is 4.79 Å². The maximum atomic E-state index is 12.6. The highest BCUT2D eigenvalue weighted by Gasteiger charge is 2.26. The first-order valence-electron chi connectivity index (χ1n) is 8.80. The molecule has 0 fully saturated rings. The summed E-state index contributed by atoms with van der Waals surface area (Å²) in [5.74, 6) is -0.296. The number of carbonyl (C=O) groups excluding carboxylic acids is 2. The van der Waals surface area contributed by atoms with Crippen molar-refractivity contribution >= 4 is 12.0 Å². The molecule has 0 radical (unpaired) electrons. The molecule has 5 nitrogen and oxygen atoms in total. The van der Waals surface area contributed by atoms with Crippen LogP contribution in [0.2, 0.25) is 0 Å². The first kappa shape index (κ1) is 19.5. The van der Waals surface area contributed by atoms with E-state index in [4.69, 9.17) is 4.74 Å². The SMILES string of the molecule is CC(C)[C@H](NC(=O)OCc1ccccc1)C(=O)N[C@H](C)c1ccccc1. The monoisotopic (exact) mass is 354 g/mol. The molecule has 2 rings (SSSR count). The quantitative estimate of drug-likeness (QED) is 0.794. The van der Waals surface area contributed by atoms with Crippen molar-refractivity contribution < 1.29 is 14.3 Å². The molecule has 0 spiro atoms. The summed E-state index contributed by atoms with van der Waals surface area (Å²) in [4.78, 5) is 24.7. The molecule has 0 aliphatic heterocycles. The summed E-state index contributed by atoms with van der Waals surface area (Å²) in [6, 6.07) is 18.3. The Morgan fingerprint density at radius 1 is 0.885 bits per heavy atom. The van der Waals surface area contributed by atoms with Crippen molar-refractivity contribution in [3.8, 4) is 0 Å². The van der Waals surface area contributed by atoms with Gasteiger partial charge in [0.1, 0.15) is 12.6 Å². The molecule has 0 saturated heterocycles. The molecule has 26 heavy (non-hydrogen) atoms. The van der Waals surface area contributed by atoms with Crippen LogP contribution < -0.4 is 10.6 Å². The van der Waals surface area contributed by atoms with Crippen LogP contribution in [0.15, 0.2) is 60.7 Å². The van der Waals surface area contributed by atoms with Gasteiger partial charge in [-0.05, 0) is 24.0 Å². The van der Waals surface area contributed by atoms with Crippen LogP contribution in [0.1, 0.15) is 37.9 Å². The molecular weight excluding hydrogens is 328 g/mol. The van der Waals surface area contributed by atoms with Gasteiger partial charge < -0.3 is 15.4 Å². The number of hydrogen-bond donors (Lipinski definition) is 2. The summed E-state index contributed by atoms with van der Waals surface area (Å²) in [5, 5.41) is 5.62. The lowest BCUT2D eigenvalue weighted by molar-refractivity contribution is -0.124. The first-order chi connectivity index (χ1) is 12.5. The van der Waals surface area contributed by atoms with Gasteiger partial charge in [-0.15, -0.1) is 0 Å². The lowest BCUT2D eigenvalue weighted by Gasteiger charge is -2.24. The zero-order valence-corrected chi connectivity index (χ0v) is 15.4. The largest absolute Gasteiger partial charge is 0.445 e. The predicted octanol–water partition coefficient (Wildman–Crippen LogP) is 3.81. The second kappa shape index (κ2) is 9.61. The van der Waals surface area contributed by atoms with E-state index in [2.05, 4.69) is 10.6 Å². The van der Waals surface area contributed by atoms with Crippen LogP contribution in [0.4, 0.5) is 4.79 Å². The van der Waals surface area contributed by atoms with Crippen LogP contribution in [-0.4, -0.2) is 18.0 Å². The van der Waals surface area contributed by atoms with Crippen LogP contribution in [0.25, 0.3) is 0 Å². The third kappa shape index (κ3) is 5.92. The van der Waals surface area contributed by atoms with Crippen LogP contribution >= 0.6 is 0 Å². The Hall–Kier alpha value is -2.82. The molecular formula is C21H26N2O3. The molecule has 5 heteroatoms. The summed E-state index contributed by atoms with van der Waals surface area (Å²) in [6.45, 7) is 5.85. The second-order valence-electron chi connectivity index (χ2n) is 6.57. The zero-order valence-electron chi connectivity index (χ0n) is 15.4. The van der Waals surface area contributed by atoms with Gasteiger partial charge in [0.05, 0.1) is 6.04 Å². The molecule has 2 atom stereocenters. The predicted molar refractivity (Wildman–Crippen MR) is 101 cm³/mol. The number of nitrogens with one attached hydrogen (secondary N) is 2. The molecule has 0 aromatic heterocycles. The van der Waals surface area contributed by atoms with Gasteiger partial charge in [-0.1, -0.05) is 74.5 Å². The Kier molecular flexibility index (Phi) is 7.21. The van der Waals surface area contributed by atoms with Gasteiger partial charge >= 0.3 is 6.09 Å². The van der Waals surface area contributed by atoms with Gasteiger partial charge in [0.2, 0.25) is 5.91 Å². The van der Waals surface area contributed by atoms with Gasteiger partial charge in [-0.2, -0.15) is 0 Å². The number of benzene rings is 2. The highest BCUT2D eigenvalue weighted by Crippen LogP contribution is 2.13. The van der Waals surface area contributed by atoms with E-state index < -0.39 is 12.1 Å². The minimum Gasteiger partial charge on any atom is -0.445 e. The van der Waals surface area contributed by atoms with Crippen LogP contribution in [-0.2, 0) is 16.1 Å². The molecule has 2 aromatic carbocycles. The number of ether oxygens (including phenoxy) is 1. The summed E-state index contributed by atoms with van der Waals surface area (Å²) >= 11 is 0. The highest BCUT2D eigenvalue weighted by atomic mass is 16.5. The summed E-state index contributed by atoms with van der Waals surface area (Å²) in [6.07, 6.45) is -0.602. The molecule has 2 N–H and O–H groups in total. The fraction of sp³-hybridized carbons (Fsp3) is 0.333. The van der Waals surface area contributed by atoms with Crippen molar-refractivity contribution in [3.63, 3.8) is 0 Å². The third-order valence-electron chi connectivity index (χ3n) is 4.09. The topological polar surface area (TPSA) is 67.4 Å². The van der Waals surface area contributed by atoms with E-state index in [1.54, 1.807) is 0 Å². The average Bonchev–Trinajstić information content (AvgIpc) is 2.65. The van der Waals surface area contributed by atoms with Crippen molar-refractivity contribution in [1.82, 2.24) is 10.6 Å². The molecule has 0 bridgehead atoms. The minimum absolute atomic E-state index is 0.0674. The number of hydrogen-bond acceptors (Lipinski definition) is 3. The maximum Gasteiger partial charge on any atom is 0.408 e. The molecule has 2 aromatic rings. The van der Waals surface area contributed by atoms with Gasteiger partial charge in [-0.25, -0.2) is 4.79 Å². The molecule has 0 saturated carbocycles. The number of amides is 2. The Balaban J connectivity index is 1.90. The normalized spacial score (nSPS) is 12.9. The standard InChI is InChI=1S/C21H26N2O3/c1-15(2)19(20(24)22-16(3)18-12-8-5-9-13-18)23-21(25)26-14-17-10-6-4-7-11-17/h4-13,15-16,19H,14H2,1-3H3,(H,22,24)(H,23,25)/t16-,19+/m1/s1. The summed E-state index contributed by atoms with van der Waals surface area (Å²) in [5.41, 5.74) is 1.90. The van der Waals surface area contributed by atoms with E-state index >= 15 is 0 Å².